The van der Waals surface area contributed by atoms with Crippen LogP contribution in [0, 0.1) is 0 Å². The summed E-state index contributed by atoms with van der Waals surface area (Å²) in [6.45, 7) is 7.73. The van der Waals surface area contributed by atoms with Crippen LogP contribution in [0.4, 0.5) is 0 Å². The molecule has 24 heavy (non-hydrogen) atoms. The fraction of sp³-hybridized carbons (Fsp3) is 0.588. The van der Waals surface area contributed by atoms with Gasteiger partial charge in [0.25, 0.3) is 0 Å². The summed E-state index contributed by atoms with van der Waals surface area (Å²) in [6, 6.07) is 6.58. The first-order chi connectivity index (χ1) is 11.0. The van der Waals surface area contributed by atoms with Crippen molar-refractivity contribution in [3.8, 4) is 0 Å². The Hall–Kier alpha value is -1.44. The van der Waals surface area contributed by atoms with E-state index < -0.39 is 15.6 Å². The molecular weight excluding hydrogens is 328 g/mol. The average molecular weight is 356 g/mol. The van der Waals surface area contributed by atoms with E-state index in [1.165, 1.54) is 0 Å². The Balaban J connectivity index is 2.61. The number of hydrogen-bond donors (Lipinski definition) is 2. The van der Waals surface area contributed by atoms with E-state index in [-0.39, 0.29) is 16.8 Å². The van der Waals surface area contributed by atoms with Crippen molar-refractivity contribution in [2.75, 3.05) is 13.7 Å². The van der Waals surface area contributed by atoms with Crippen molar-refractivity contribution in [2.45, 2.75) is 57.0 Å². The molecule has 0 spiro atoms. The van der Waals surface area contributed by atoms with E-state index in [1.54, 1.807) is 52.1 Å². The molecular formula is C17H28N2O4S. The Labute approximate surface area is 145 Å². The van der Waals surface area contributed by atoms with Crippen molar-refractivity contribution in [1.29, 1.82) is 0 Å². The summed E-state index contributed by atoms with van der Waals surface area (Å²) in [4.78, 5) is 12.0. The van der Waals surface area contributed by atoms with Gasteiger partial charge < -0.3 is 10.1 Å². The fourth-order valence-electron chi connectivity index (χ4n) is 2.19. The Morgan fingerprint density at radius 3 is 2.29 bits per heavy atom. The zero-order valence-electron chi connectivity index (χ0n) is 15.0. The average Bonchev–Trinajstić information content (AvgIpc) is 2.43. The first-order valence-corrected chi connectivity index (χ1v) is 9.43. The molecule has 0 aliphatic heterocycles. The molecule has 0 saturated carbocycles. The summed E-state index contributed by atoms with van der Waals surface area (Å²) in [6.07, 6.45) is 0.902. The summed E-state index contributed by atoms with van der Waals surface area (Å²) in [5.74, 6) is -0.0503. The van der Waals surface area contributed by atoms with Crippen LogP contribution >= 0.6 is 0 Å². The molecule has 0 aromatic heterocycles. The number of methoxy groups -OCH3 is 1. The van der Waals surface area contributed by atoms with E-state index in [4.69, 9.17) is 4.74 Å². The molecule has 0 fully saturated rings. The van der Waals surface area contributed by atoms with Crippen molar-refractivity contribution in [1.82, 2.24) is 10.0 Å². The lowest BCUT2D eigenvalue weighted by Crippen LogP contribution is -2.40. The van der Waals surface area contributed by atoms with Gasteiger partial charge in [-0.25, -0.2) is 13.1 Å². The number of ether oxygens (including phenoxy) is 1. The molecule has 0 saturated heterocycles. The van der Waals surface area contributed by atoms with Gasteiger partial charge in [0.15, 0.2) is 0 Å². The fourth-order valence-corrected chi connectivity index (χ4v) is 3.61. The first kappa shape index (κ1) is 20.6. The molecule has 1 aromatic carbocycles. The van der Waals surface area contributed by atoms with Gasteiger partial charge in [-0.1, -0.05) is 12.1 Å². The predicted molar refractivity (Wildman–Crippen MR) is 94.3 cm³/mol. The SMILES string of the molecule is COC[C@@H](C)NC(=O)CCc1ccc(S(=O)(=O)NC(C)(C)C)cc1. The van der Waals surface area contributed by atoms with E-state index in [0.29, 0.717) is 19.4 Å². The van der Waals surface area contributed by atoms with Gasteiger partial charge in [0, 0.05) is 25.1 Å². The number of aryl methyl sites for hydroxylation is 1. The zero-order valence-corrected chi connectivity index (χ0v) is 15.9. The Morgan fingerprint density at radius 2 is 1.79 bits per heavy atom. The Kier molecular flexibility index (Phi) is 7.38. The minimum absolute atomic E-state index is 0.0292. The highest BCUT2D eigenvalue weighted by Crippen LogP contribution is 2.14. The molecule has 0 aliphatic carbocycles. The van der Waals surface area contributed by atoms with E-state index >= 15 is 0 Å². The molecule has 0 radical (unpaired) electrons. The van der Waals surface area contributed by atoms with Gasteiger partial charge in [0.05, 0.1) is 11.5 Å². The summed E-state index contributed by atoms with van der Waals surface area (Å²) < 4.78 is 32.0. The third kappa shape index (κ3) is 7.42. The number of nitrogens with one attached hydrogen (secondary N) is 2. The van der Waals surface area contributed by atoms with Gasteiger partial charge in [-0.2, -0.15) is 0 Å². The molecule has 2 N–H and O–H groups in total. The van der Waals surface area contributed by atoms with Crippen LogP contribution in [0.5, 0.6) is 0 Å². The van der Waals surface area contributed by atoms with Gasteiger partial charge in [-0.15, -0.1) is 0 Å². The van der Waals surface area contributed by atoms with Crippen molar-refractivity contribution >= 4 is 15.9 Å². The second kappa shape index (κ2) is 8.60. The van der Waals surface area contributed by atoms with Crippen LogP contribution in [0.3, 0.4) is 0 Å². The van der Waals surface area contributed by atoms with Crippen molar-refractivity contribution in [3.05, 3.63) is 29.8 Å². The highest BCUT2D eigenvalue weighted by molar-refractivity contribution is 7.89. The molecule has 136 valence electrons. The molecule has 6 nitrogen and oxygen atoms in total. The molecule has 0 unspecified atom stereocenters. The molecule has 1 amide bonds. The van der Waals surface area contributed by atoms with Crippen LogP contribution in [0.15, 0.2) is 29.2 Å². The van der Waals surface area contributed by atoms with Crippen molar-refractivity contribution in [3.63, 3.8) is 0 Å². The zero-order chi connectivity index (χ0) is 18.4. The lowest BCUT2D eigenvalue weighted by atomic mass is 10.1. The first-order valence-electron chi connectivity index (χ1n) is 7.95. The van der Waals surface area contributed by atoms with Crippen LogP contribution < -0.4 is 10.0 Å². The number of sulfonamides is 1. The van der Waals surface area contributed by atoms with E-state index in [1.807, 2.05) is 6.92 Å². The maximum Gasteiger partial charge on any atom is 0.241 e. The monoisotopic (exact) mass is 356 g/mol. The smallest absolute Gasteiger partial charge is 0.241 e. The molecule has 1 atom stereocenters. The van der Waals surface area contributed by atoms with E-state index in [2.05, 4.69) is 10.0 Å². The van der Waals surface area contributed by atoms with Crippen molar-refractivity contribution < 1.29 is 17.9 Å². The third-order valence-electron chi connectivity index (χ3n) is 3.14. The number of carbonyl (C=O) groups is 1. The van der Waals surface area contributed by atoms with Gasteiger partial charge >= 0.3 is 0 Å². The second-order valence-electron chi connectivity index (χ2n) is 6.92. The minimum atomic E-state index is -3.53. The lowest BCUT2D eigenvalue weighted by molar-refractivity contribution is -0.122. The summed E-state index contributed by atoms with van der Waals surface area (Å²) in [7, 11) is -1.94. The van der Waals surface area contributed by atoms with Crippen LogP contribution in [-0.2, 0) is 26.0 Å². The molecule has 0 aliphatic rings. The van der Waals surface area contributed by atoms with E-state index in [9.17, 15) is 13.2 Å². The Morgan fingerprint density at radius 1 is 1.21 bits per heavy atom. The third-order valence-corrected chi connectivity index (χ3v) is 4.91. The normalized spacial score (nSPS) is 13.5. The summed E-state index contributed by atoms with van der Waals surface area (Å²) in [5, 5.41) is 2.84. The van der Waals surface area contributed by atoms with E-state index in [0.717, 1.165) is 5.56 Å². The maximum absolute atomic E-state index is 12.2. The Bertz CT molecular complexity index is 634. The number of carbonyl (C=O) groups excluding carboxylic acids is 1. The predicted octanol–water partition coefficient (Wildman–Crippen LogP) is 1.85. The lowest BCUT2D eigenvalue weighted by Gasteiger charge is -2.20. The topological polar surface area (TPSA) is 84.5 Å². The van der Waals surface area contributed by atoms with Crippen LogP contribution in [0.25, 0.3) is 0 Å². The molecule has 1 rings (SSSR count). The summed E-state index contributed by atoms with van der Waals surface area (Å²) >= 11 is 0. The highest BCUT2D eigenvalue weighted by atomic mass is 32.2. The number of benzene rings is 1. The van der Waals surface area contributed by atoms with Gasteiger partial charge in [0.2, 0.25) is 15.9 Å². The highest BCUT2D eigenvalue weighted by Gasteiger charge is 2.21. The summed E-state index contributed by atoms with van der Waals surface area (Å²) in [5.41, 5.74) is 0.383. The van der Waals surface area contributed by atoms with Gasteiger partial charge in [-0.3, -0.25) is 4.79 Å². The minimum Gasteiger partial charge on any atom is -0.383 e. The molecule has 1 aromatic rings. The molecule has 7 heteroatoms. The molecule has 0 bridgehead atoms. The quantitative estimate of drug-likeness (QED) is 0.744. The van der Waals surface area contributed by atoms with Crippen molar-refractivity contribution in [2.24, 2.45) is 0 Å². The second-order valence-corrected chi connectivity index (χ2v) is 8.61. The van der Waals surface area contributed by atoms with Crippen LogP contribution in [0.1, 0.15) is 39.7 Å². The van der Waals surface area contributed by atoms with Crippen LogP contribution in [0.2, 0.25) is 0 Å². The number of rotatable bonds is 8. The number of hydrogen-bond acceptors (Lipinski definition) is 4. The maximum atomic E-state index is 12.2. The largest absolute Gasteiger partial charge is 0.383 e. The molecule has 0 heterocycles. The van der Waals surface area contributed by atoms with Gasteiger partial charge in [-0.05, 0) is 51.8 Å². The van der Waals surface area contributed by atoms with Gasteiger partial charge in [0.1, 0.15) is 0 Å². The number of amides is 1. The standard InChI is InChI=1S/C17H28N2O4S/c1-13(12-23-5)18-16(20)11-8-14-6-9-15(10-7-14)24(21,22)19-17(2,3)4/h6-7,9-10,13,19H,8,11-12H2,1-5H3,(H,18,20)/t13-/m1/s1. The van der Waals surface area contributed by atoms with Crippen LogP contribution in [-0.4, -0.2) is 39.6 Å².